The fraction of sp³-hybridized carbons (Fsp3) is 0.231. The molecule has 0 unspecified atom stereocenters. The van der Waals surface area contributed by atoms with E-state index < -0.39 is 0 Å². The van der Waals surface area contributed by atoms with E-state index in [1.54, 1.807) is 6.20 Å². The van der Waals surface area contributed by atoms with E-state index in [0.717, 1.165) is 17.9 Å². The Kier molecular flexibility index (Phi) is 3.15. The van der Waals surface area contributed by atoms with Crippen LogP contribution in [0.2, 0.25) is 0 Å². The Bertz CT molecular complexity index is 463. The summed E-state index contributed by atoms with van der Waals surface area (Å²) in [7, 11) is 0. The quantitative estimate of drug-likeness (QED) is 0.851. The fourth-order valence-electron chi connectivity index (χ4n) is 1.44. The molecule has 0 bridgehead atoms. The summed E-state index contributed by atoms with van der Waals surface area (Å²) >= 11 is 0. The van der Waals surface area contributed by atoms with Crippen LogP contribution in [0.3, 0.4) is 0 Å². The molecular formula is C13H15N3. The minimum Gasteiger partial charge on any atom is -0.378 e. The van der Waals surface area contributed by atoms with Gasteiger partial charge in [0.25, 0.3) is 0 Å². The molecule has 0 fully saturated rings. The number of nitrogens with one attached hydrogen (secondary N) is 1. The van der Waals surface area contributed by atoms with E-state index in [1.807, 2.05) is 31.5 Å². The number of aromatic nitrogens is 2. The van der Waals surface area contributed by atoms with Crippen LogP contribution in [0.4, 0.5) is 5.69 Å². The van der Waals surface area contributed by atoms with Crippen molar-refractivity contribution in [3.63, 3.8) is 0 Å². The SMILES string of the molecule is Cc1ccc(CNc2cnccc2C)nc1. The zero-order valence-corrected chi connectivity index (χ0v) is 9.57. The lowest BCUT2D eigenvalue weighted by Crippen LogP contribution is -2.03. The van der Waals surface area contributed by atoms with E-state index in [4.69, 9.17) is 0 Å². The fourth-order valence-corrected chi connectivity index (χ4v) is 1.44. The lowest BCUT2D eigenvalue weighted by Gasteiger charge is -2.08. The van der Waals surface area contributed by atoms with Gasteiger partial charge < -0.3 is 5.32 Å². The third-order valence-electron chi connectivity index (χ3n) is 2.47. The number of pyridine rings is 2. The average molecular weight is 213 g/mol. The molecule has 2 rings (SSSR count). The summed E-state index contributed by atoms with van der Waals surface area (Å²) in [4.78, 5) is 8.43. The van der Waals surface area contributed by atoms with Crippen molar-refractivity contribution in [1.29, 1.82) is 0 Å². The first-order valence-corrected chi connectivity index (χ1v) is 5.32. The van der Waals surface area contributed by atoms with Gasteiger partial charge in [-0.3, -0.25) is 9.97 Å². The van der Waals surface area contributed by atoms with Crippen molar-refractivity contribution < 1.29 is 0 Å². The van der Waals surface area contributed by atoms with Crippen LogP contribution >= 0.6 is 0 Å². The molecule has 0 aliphatic carbocycles. The molecule has 0 aromatic carbocycles. The Hall–Kier alpha value is -1.90. The van der Waals surface area contributed by atoms with Gasteiger partial charge in [0, 0.05) is 12.4 Å². The van der Waals surface area contributed by atoms with Crippen LogP contribution in [0.1, 0.15) is 16.8 Å². The molecule has 0 aliphatic rings. The lowest BCUT2D eigenvalue weighted by molar-refractivity contribution is 1.03. The normalized spacial score (nSPS) is 10.1. The summed E-state index contributed by atoms with van der Waals surface area (Å²) in [6.45, 7) is 4.83. The zero-order chi connectivity index (χ0) is 11.4. The maximum Gasteiger partial charge on any atom is 0.0594 e. The smallest absolute Gasteiger partial charge is 0.0594 e. The van der Waals surface area contributed by atoms with E-state index in [2.05, 4.69) is 28.3 Å². The van der Waals surface area contributed by atoms with Gasteiger partial charge in [0.05, 0.1) is 24.1 Å². The van der Waals surface area contributed by atoms with Gasteiger partial charge in [-0.05, 0) is 37.1 Å². The molecule has 0 saturated carbocycles. The van der Waals surface area contributed by atoms with Gasteiger partial charge in [0.1, 0.15) is 0 Å². The second-order valence-corrected chi connectivity index (χ2v) is 3.87. The topological polar surface area (TPSA) is 37.8 Å². The number of hydrogen-bond donors (Lipinski definition) is 1. The van der Waals surface area contributed by atoms with Crippen molar-refractivity contribution in [1.82, 2.24) is 9.97 Å². The summed E-state index contributed by atoms with van der Waals surface area (Å²) in [6.07, 6.45) is 5.52. The van der Waals surface area contributed by atoms with Crippen molar-refractivity contribution in [2.24, 2.45) is 0 Å². The monoisotopic (exact) mass is 213 g/mol. The Morgan fingerprint density at radius 1 is 1.12 bits per heavy atom. The van der Waals surface area contributed by atoms with Crippen LogP contribution in [-0.2, 0) is 6.54 Å². The number of rotatable bonds is 3. The minimum absolute atomic E-state index is 0.729. The Morgan fingerprint density at radius 3 is 2.69 bits per heavy atom. The molecule has 2 aromatic heterocycles. The average Bonchev–Trinajstić information content (AvgIpc) is 2.30. The van der Waals surface area contributed by atoms with Gasteiger partial charge in [-0.1, -0.05) is 6.07 Å². The van der Waals surface area contributed by atoms with Crippen LogP contribution in [0.15, 0.2) is 36.8 Å². The minimum atomic E-state index is 0.729. The molecule has 16 heavy (non-hydrogen) atoms. The van der Waals surface area contributed by atoms with Gasteiger partial charge in [-0.15, -0.1) is 0 Å². The second kappa shape index (κ2) is 4.75. The van der Waals surface area contributed by atoms with E-state index >= 15 is 0 Å². The van der Waals surface area contributed by atoms with Crippen LogP contribution in [0.5, 0.6) is 0 Å². The highest BCUT2D eigenvalue weighted by atomic mass is 14.9. The number of anilines is 1. The van der Waals surface area contributed by atoms with Crippen molar-refractivity contribution in [2.45, 2.75) is 20.4 Å². The van der Waals surface area contributed by atoms with Gasteiger partial charge in [-0.2, -0.15) is 0 Å². The molecule has 3 heteroatoms. The summed E-state index contributed by atoms with van der Waals surface area (Å²) in [5, 5.41) is 3.32. The first-order valence-electron chi connectivity index (χ1n) is 5.32. The van der Waals surface area contributed by atoms with Crippen LogP contribution in [0, 0.1) is 13.8 Å². The molecule has 1 N–H and O–H groups in total. The summed E-state index contributed by atoms with van der Waals surface area (Å²) < 4.78 is 0. The maximum absolute atomic E-state index is 4.34. The molecule has 0 aliphatic heterocycles. The maximum atomic E-state index is 4.34. The van der Waals surface area contributed by atoms with Gasteiger partial charge >= 0.3 is 0 Å². The number of aryl methyl sites for hydroxylation is 2. The Labute approximate surface area is 95.6 Å². The molecule has 2 aromatic rings. The number of nitrogens with zero attached hydrogens (tertiary/aromatic N) is 2. The molecule has 0 radical (unpaired) electrons. The van der Waals surface area contributed by atoms with E-state index in [0.29, 0.717) is 0 Å². The van der Waals surface area contributed by atoms with Crippen LogP contribution in [-0.4, -0.2) is 9.97 Å². The standard InChI is InChI=1S/C13H15N3/c1-10-3-4-12(15-7-10)8-16-13-9-14-6-5-11(13)2/h3-7,9,16H,8H2,1-2H3. The highest BCUT2D eigenvalue weighted by Crippen LogP contribution is 2.12. The summed E-state index contributed by atoms with van der Waals surface area (Å²) in [6, 6.07) is 6.10. The molecule has 0 atom stereocenters. The molecule has 0 amide bonds. The van der Waals surface area contributed by atoms with Gasteiger partial charge in [0.15, 0.2) is 0 Å². The van der Waals surface area contributed by atoms with Gasteiger partial charge in [0.2, 0.25) is 0 Å². The molecule has 0 spiro atoms. The van der Waals surface area contributed by atoms with E-state index in [1.165, 1.54) is 11.1 Å². The number of hydrogen-bond acceptors (Lipinski definition) is 3. The van der Waals surface area contributed by atoms with Crippen molar-refractivity contribution >= 4 is 5.69 Å². The summed E-state index contributed by atoms with van der Waals surface area (Å²) in [5.41, 5.74) is 4.47. The first-order chi connectivity index (χ1) is 7.75. The zero-order valence-electron chi connectivity index (χ0n) is 9.57. The summed E-state index contributed by atoms with van der Waals surface area (Å²) in [5.74, 6) is 0. The molecule has 0 saturated heterocycles. The third kappa shape index (κ3) is 2.57. The predicted molar refractivity (Wildman–Crippen MR) is 65.3 cm³/mol. The van der Waals surface area contributed by atoms with E-state index in [9.17, 15) is 0 Å². The highest BCUT2D eigenvalue weighted by molar-refractivity contribution is 5.48. The molecular weight excluding hydrogens is 198 g/mol. The van der Waals surface area contributed by atoms with Crippen LogP contribution in [0.25, 0.3) is 0 Å². The highest BCUT2D eigenvalue weighted by Gasteiger charge is 1.98. The lowest BCUT2D eigenvalue weighted by atomic mass is 10.2. The largest absolute Gasteiger partial charge is 0.378 e. The Morgan fingerprint density at radius 2 is 2.00 bits per heavy atom. The first kappa shape index (κ1) is 10.6. The van der Waals surface area contributed by atoms with E-state index in [-0.39, 0.29) is 0 Å². The van der Waals surface area contributed by atoms with Crippen molar-refractivity contribution in [2.75, 3.05) is 5.32 Å². The molecule has 2 heterocycles. The van der Waals surface area contributed by atoms with Crippen LogP contribution < -0.4 is 5.32 Å². The van der Waals surface area contributed by atoms with Crippen molar-refractivity contribution in [3.05, 3.63) is 53.6 Å². The Balaban J connectivity index is 2.02. The van der Waals surface area contributed by atoms with Gasteiger partial charge in [-0.25, -0.2) is 0 Å². The predicted octanol–water partition coefficient (Wildman–Crippen LogP) is 2.71. The molecule has 82 valence electrons. The third-order valence-corrected chi connectivity index (χ3v) is 2.47. The second-order valence-electron chi connectivity index (χ2n) is 3.87. The van der Waals surface area contributed by atoms with Crippen molar-refractivity contribution in [3.8, 4) is 0 Å². The molecule has 3 nitrogen and oxygen atoms in total.